The van der Waals surface area contributed by atoms with Gasteiger partial charge in [-0.1, -0.05) is 6.07 Å². The van der Waals surface area contributed by atoms with Gasteiger partial charge in [-0.3, -0.25) is 4.79 Å². The molecule has 0 amide bonds. The van der Waals surface area contributed by atoms with E-state index in [1.165, 1.54) is 19.1 Å². The Balaban J connectivity index is 2.40. The van der Waals surface area contributed by atoms with Gasteiger partial charge in [0.1, 0.15) is 5.60 Å². The van der Waals surface area contributed by atoms with Crippen molar-refractivity contribution in [2.75, 3.05) is 19.8 Å². The van der Waals surface area contributed by atoms with Gasteiger partial charge in [0, 0.05) is 32.7 Å². The van der Waals surface area contributed by atoms with Gasteiger partial charge in [0.05, 0.1) is 5.56 Å². The van der Waals surface area contributed by atoms with Crippen molar-refractivity contribution in [3.63, 3.8) is 0 Å². The zero-order valence-corrected chi connectivity index (χ0v) is 11.7. The highest BCUT2D eigenvalue weighted by Gasteiger charge is 2.42. The van der Waals surface area contributed by atoms with Gasteiger partial charge in [0.2, 0.25) is 0 Å². The van der Waals surface area contributed by atoms with E-state index in [0.29, 0.717) is 32.7 Å². The lowest BCUT2D eigenvalue weighted by molar-refractivity contribution is -0.0823. The molecule has 0 N–H and O–H groups in total. The molecule has 0 atom stereocenters. The number of carbonyl (C=O) groups is 1. The number of hydrogen-bond donors (Lipinski definition) is 0. The zero-order valence-electron chi connectivity index (χ0n) is 11.7. The van der Waals surface area contributed by atoms with Gasteiger partial charge in [-0.05, 0) is 25.5 Å². The lowest BCUT2D eigenvalue weighted by atomic mass is 9.85. The topological polar surface area (TPSA) is 35.5 Å². The van der Waals surface area contributed by atoms with Crippen LogP contribution in [0.4, 0.5) is 8.78 Å². The summed E-state index contributed by atoms with van der Waals surface area (Å²) in [4.78, 5) is 12.6. The van der Waals surface area contributed by atoms with Gasteiger partial charge >= 0.3 is 0 Å². The zero-order chi connectivity index (χ0) is 14.8. The van der Waals surface area contributed by atoms with Crippen LogP contribution >= 0.6 is 0 Å². The number of hydrogen-bond acceptors (Lipinski definition) is 3. The third kappa shape index (κ3) is 2.60. The van der Waals surface area contributed by atoms with Crippen LogP contribution in [0.15, 0.2) is 12.1 Å². The molecule has 0 spiro atoms. The predicted octanol–water partition coefficient (Wildman–Crippen LogP) is 3.04. The highest BCUT2D eigenvalue weighted by molar-refractivity contribution is 6.02. The van der Waals surface area contributed by atoms with Gasteiger partial charge in [-0.25, -0.2) is 8.78 Å². The van der Waals surface area contributed by atoms with Crippen molar-refractivity contribution < 1.29 is 23.0 Å². The number of ether oxygens (including phenoxy) is 2. The molecule has 0 saturated carbocycles. The monoisotopic (exact) mass is 284 g/mol. The third-order valence-electron chi connectivity index (χ3n) is 3.65. The molecule has 5 heteroatoms. The molecular formula is C15H18F2O3. The Hall–Kier alpha value is -1.33. The van der Waals surface area contributed by atoms with Crippen molar-refractivity contribution in [3.05, 3.63) is 34.9 Å². The fourth-order valence-corrected chi connectivity index (χ4v) is 2.48. The fourth-order valence-electron chi connectivity index (χ4n) is 2.48. The average molecular weight is 284 g/mol. The lowest BCUT2D eigenvalue weighted by Crippen LogP contribution is -2.47. The van der Waals surface area contributed by atoms with Gasteiger partial charge in [0.25, 0.3) is 0 Å². The largest absolute Gasteiger partial charge is 0.381 e. The summed E-state index contributed by atoms with van der Waals surface area (Å²) in [6.07, 6.45) is 0.712. The van der Waals surface area contributed by atoms with E-state index < -0.39 is 23.0 Å². The summed E-state index contributed by atoms with van der Waals surface area (Å²) < 4.78 is 38.5. The maximum atomic E-state index is 14.0. The maximum absolute atomic E-state index is 14.0. The number of ketones is 1. The second kappa shape index (κ2) is 5.97. The summed E-state index contributed by atoms with van der Waals surface area (Å²) in [5.41, 5.74) is -1.17. The average Bonchev–Trinajstić information content (AvgIpc) is 2.46. The second-order valence-electron chi connectivity index (χ2n) is 4.93. The first-order valence-electron chi connectivity index (χ1n) is 6.73. The molecule has 0 bridgehead atoms. The molecular weight excluding hydrogens is 266 g/mol. The van der Waals surface area contributed by atoms with Crippen molar-refractivity contribution in [2.45, 2.75) is 32.3 Å². The highest BCUT2D eigenvalue weighted by atomic mass is 19.2. The second-order valence-corrected chi connectivity index (χ2v) is 4.93. The number of Topliss-reactive ketones (excluding diaryl/α,β-unsaturated/α-hetero) is 1. The van der Waals surface area contributed by atoms with Crippen LogP contribution < -0.4 is 0 Å². The van der Waals surface area contributed by atoms with Crippen molar-refractivity contribution in [1.82, 2.24) is 0 Å². The molecule has 0 aromatic heterocycles. The summed E-state index contributed by atoms with van der Waals surface area (Å²) in [5, 5.41) is 0. The van der Waals surface area contributed by atoms with E-state index in [1.54, 1.807) is 6.92 Å². The molecule has 0 radical (unpaired) electrons. The molecule has 1 fully saturated rings. The molecule has 3 nitrogen and oxygen atoms in total. The number of halogens is 2. The van der Waals surface area contributed by atoms with E-state index in [0.717, 1.165) is 0 Å². The highest BCUT2D eigenvalue weighted by Crippen LogP contribution is 2.31. The van der Waals surface area contributed by atoms with Crippen LogP contribution in [0.1, 0.15) is 35.7 Å². The van der Waals surface area contributed by atoms with Gasteiger partial charge < -0.3 is 9.47 Å². The van der Waals surface area contributed by atoms with E-state index in [2.05, 4.69) is 0 Å². The molecule has 1 aromatic carbocycles. The first kappa shape index (κ1) is 15.1. The SMILES string of the molecule is CCOC1(C(=O)c2ccc(C)c(F)c2F)CCOCC1. The van der Waals surface area contributed by atoms with Crippen LogP contribution in [0.3, 0.4) is 0 Å². The molecule has 1 heterocycles. The van der Waals surface area contributed by atoms with Crippen LogP contribution in [0.5, 0.6) is 0 Å². The molecule has 1 aromatic rings. The Kier molecular flexibility index (Phi) is 4.50. The summed E-state index contributed by atoms with van der Waals surface area (Å²) in [5.74, 6) is -2.57. The predicted molar refractivity (Wildman–Crippen MR) is 69.8 cm³/mol. The summed E-state index contributed by atoms with van der Waals surface area (Å²) in [6.45, 7) is 4.32. The Morgan fingerprint density at radius 1 is 1.30 bits per heavy atom. The lowest BCUT2D eigenvalue weighted by Gasteiger charge is -2.35. The number of carbonyl (C=O) groups excluding carboxylic acids is 1. The smallest absolute Gasteiger partial charge is 0.197 e. The number of rotatable bonds is 4. The maximum Gasteiger partial charge on any atom is 0.197 e. The van der Waals surface area contributed by atoms with Gasteiger partial charge in [-0.15, -0.1) is 0 Å². The molecule has 1 aliphatic heterocycles. The normalized spacial score (nSPS) is 18.0. The van der Waals surface area contributed by atoms with Gasteiger partial charge in [0.15, 0.2) is 17.4 Å². The summed E-state index contributed by atoms with van der Waals surface area (Å²) >= 11 is 0. The number of aryl methyl sites for hydroxylation is 1. The van der Waals surface area contributed by atoms with Crippen LogP contribution in [0, 0.1) is 18.6 Å². The molecule has 0 aliphatic carbocycles. The van der Waals surface area contributed by atoms with Crippen molar-refractivity contribution in [3.8, 4) is 0 Å². The molecule has 20 heavy (non-hydrogen) atoms. The van der Waals surface area contributed by atoms with Crippen LogP contribution in [0.2, 0.25) is 0 Å². The van der Waals surface area contributed by atoms with E-state index in [9.17, 15) is 13.6 Å². The fraction of sp³-hybridized carbons (Fsp3) is 0.533. The molecule has 0 unspecified atom stereocenters. The molecule has 110 valence electrons. The Labute approximate surface area is 116 Å². The minimum atomic E-state index is -1.10. The minimum Gasteiger partial charge on any atom is -0.381 e. The van der Waals surface area contributed by atoms with E-state index in [-0.39, 0.29) is 11.1 Å². The molecule has 2 rings (SSSR count). The van der Waals surface area contributed by atoms with E-state index in [1.807, 2.05) is 0 Å². The van der Waals surface area contributed by atoms with Crippen molar-refractivity contribution in [2.24, 2.45) is 0 Å². The van der Waals surface area contributed by atoms with E-state index >= 15 is 0 Å². The van der Waals surface area contributed by atoms with Crippen LogP contribution in [-0.4, -0.2) is 31.2 Å². The first-order chi connectivity index (χ1) is 9.52. The van der Waals surface area contributed by atoms with Crippen LogP contribution in [-0.2, 0) is 9.47 Å². The standard InChI is InChI=1S/C15H18F2O3/c1-3-20-15(6-8-19-9-7-15)14(18)11-5-4-10(2)12(16)13(11)17/h4-5H,3,6-9H2,1-2H3. The molecule has 1 aliphatic rings. The third-order valence-corrected chi connectivity index (χ3v) is 3.65. The Morgan fingerprint density at radius 2 is 1.95 bits per heavy atom. The van der Waals surface area contributed by atoms with Crippen LogP contribution in [0.25, 0.3) is 0 Å². The van der Waals surface area contributed by atoms with Gasteiger partial charge in [-0.2, -0.15) is 0 Å². The first-order valence-corrected chi connectivity index (χ1v) is 6.73. The number of benzene rings is 1. The quantitative estimate of drug-likeness (QED) is 0.797. The Morgan fingerprint density at radius 3 is 2.55 bits per heavy atom. The van der Waals surface area contributed by atoms with Crippen molar-refractivity contribution >= 4 is 5.78 Å². The Bertz CT molecular complexity index is 503. The summed E-state index contributed by atoms with van der Waals surface area (Å²) in [7, 11) is 0. The van der Waals surface area contributed by atoms with Crippen molar-refractivity contribution in [1.29, 1.82) is 0 Å². The minimum absolute atomic E-state index is 0.177. The van der Waals surface area contributed by atoms with E-state index in [4.69, 9.17) is 9.47 Å². The molecule has 1 saturated heterocycles. The summed E-state index contributed by atoms with van der Waals surface area (Å²) in [6, 6.07) is 2.73.